The standard InChI is InChI=1S/C31H34F2N4O/c1-2-35(20-27(38)17-23-9-5-3-6-10-23)22-30-28-21-36(19-24-18-25(32)13-14-29(24)33)16-15-31(28)37(34-30)26-11-7-4-8-12-26/h3-14,18,27,38H,2,15-17,19-22H2,1H3. The fraction of sp³-hybridized carbons (Fsp3) is 0.323. The molecule has 1 aromatic heterocycles. The van der Waals surface area contributed by atoms with Crippen LogP contribution in [-0.2, 0) is 32.5 Å². The number of aliphatic hydroxyl groups excluding tert-OH is 1. The van der Waals surface area contributed by atoms with Crippen LogP contribution >= 0.6 is 0 Å². The van der Waals surface area contributed by atoms with Crippen LogP contribution in [0.25, 0.3) is 5.69 Å². The molecule has 38 heavy (non-hydrogen) atoms. The lowest BCUT2D eigenvalue weighted by atomic mass is 10.0. The summed E-state index contributed by atoms with van der Waals surface area (Å²) < 4.78 is 30.2. The number of fused-ring (bicyclic) bond motifs is 1. The van der Waals surface area contributed by atoms with Crippen LogP contribution < -0.4 is 0 Å². The third kappa shape index (κ3) is 6.18. The molecule has 5 rings (SSSR count). The third-order valence-electron chi connectivity index (χ3n) is 7.23. The second kappa shape index (κ2) is 12.0. The summed E-state index contributed by atoms with van der Waals surface area (Å²) in [5.74, 6) is -0.814. The number of rotatable bonds is 10. The first-order valence-electron chi connectivity index (χ1n) is 13.3. The number of nitrogens with zero attached hydrogens (tertiary/aromatic N) is 4. The normalized spacial score (nSPS) is 14.6. The maximum Gasteiger partial charge on any atom is 0.127 e. The summed E-state index contributed by atoms with van der Waals surface area (Å²) >= 11 is 0. The molecule has 0 spiro atoms. The number of hydrogen-bond donors (Lipinski definition) is 1. The van der Waals surface area contributed by atoms with Crippen LogP contribution in [0.4, 0.5) is 8.78 Å². The smallest absolute Gasteiger partial charge is 0.127 e. The van der Waals surface area contributed by atoms with Crippen molar-refractivity contribution in [1.82, 2.24) is 19.6 Å². The van der Waals surface area contributed by atoms with Crippen LogP contribution in [-0.4, -0.2) is 50.4 Å². The van der Waals surface area contributed by atoms with Crippen LogP contribution in [0.2, 0.25) is 0 Å². The second-order valence-corrected chi connectivity index (χ2v) is 9.99. The number of halogens is 2. The van der Waals surface area contributed by atoms with Crippen molar-refractivity contribution in [3.8, 4) is 5.69 Å². The van der Waals surface area contributed by atoms with Gasteiger partial charge in [0.2, 0.25) is 0 Å². The first kappa shape index (κ1) is 26.2. The van der Waals surface area contributed by atoms with E-state index in [-0.39, 0.29) is 5.82 Å². The Morgan fingerprint density at radius 2 is 1.74 bits per heavy atom. The average Bonchev–Trinajstić information content (AvgIpc) is 3.29. The Morgan fingerprint density at radius 3 is 2.47 bits per heavy atom. The van der Waals surface area contributed by atoms with Gasteiger partial charge in [-0.1, -0.05) is 55.5 Å². The molecular weight excluding hydrogens is 482 g/mol. The van der Waals surface area contributed by atoms with Crippen molar-refractivity contribution < 1.29 is 13.9 Å². The Kier molecular flexibility index (Phi) is 8.27. The van der Waals surface area contributed by atoms with Crippen LogP contribution in [0.15, 0.2) is 78.9 Å². The Balaban J connectivity index is 1.38. The van der Waals surface area contributed by atoms with Gasteiger partial charge < -0.3 is 5.11 Å². The molecule has 4 aromatic rings. The van der Waals surface area contributed by atoms with Crippen LogP contribution in [0.3, 0.4) is 0 Å². The topological polar surface area (TPSA) is 44.5 Å². The van der Waals surface area contributed by atoms with Gasteiger partial charge in [-0.2, -0.15) is 5.10 Å². The first-order chi connectivity index (χ1) is 18.5. The summed E-state index contributed by atoms with van der Waals surface area (Å²) in [7, 11) is 0. The van der Waals surface area contributed by atoms with Crippen molar-refractivity contribution in [2.45, 2.75) is 45.5 Å². The second-order valence-electron chi connectivity index (χ2n) is 9.99. The van der Waals surface area contributed by atoms with E-state index < -0.39 is 11.9 Å². The number of benzene rings is 3. The molecule has 2 heterocycles. The van der Waals surface area contributed by atoms with Crippen molar-refractivity contribution in [3.05, 3.63) is 119 Å². The maximum atomic E-state index is 14.4. The number of para-hydroxylation sites is 1. The lowest BCUT2D eigenvalue weighted by Gasteiger charge is -2.29. The maximum absolute atomic E-state index is 14.4. The molecule has 0 saturated carbocycles. The minimum atomic E-state index is -0.489. The number of aromatic nitrogens is 2. The van der Waals surface area contributed by atoms with Crippen molar-refractivity contribution in [2.24, 2.45) is 0 Å². The summed E-state index contributed by atoms with van der Waals surface area (Å²) in [5.41, 5.74) is 5.73. The van der Waals surface area contributed by atoms with Gasteiger partial charge in [0.25, 0.3) is 0 Å². The molecular formula is C31H34F2N4O. The van der Waals surface area contributed by atoms with E-state index in [4.69, 9.17) is 5.10 Å². The SMILES string of the molecule is CCN(Cc1nn(-c2ccccc2)c2c1CN(Cc1cc(F)ccc1F)CC2)CC(O)Cc1ccccc1. The molecule has 0 radical (unpaired) electrons. The van der Waals surface area contributed by atoms with Gasteiger partial charge in [0.05, 0.1) is 23.2 Å². The zero-order valence-electron chi connectivity index (χ0n) is 21.7. The van der Waals surface area contributed by atoms with Gasteiger partial charge in [-0.25, -0.2) is 13.5 Å². The summed E-state index contributed by atoms with van der Waals surface area (Å²) in [6, 6.07) is 23.8. The van der Waals surface area contributed by atoms with Crippen LogP contribution in [0.1, 0.15) is 35.0 Å². The molecule has 0 fully saturated rings. The number of hydrogen-bond acceptors (Lipinski definition) is 4. The molecule has 1 N–H and O–H groups in total. The Hall–Kier alpha value is -3.39. The molecule has 0 saturated heterocycles. The predicted molar refractivity (Wildman–Crippen MR) is 145 cm³/mol. The summed E-state index contributed by atoms with van der Waals surface area (Å²) in [6.45, 7) is 5.69. The third-order valence-corrected chi connectivity index (χ3v) is 7.23. The summed E-state index contributed by atoms with van der Waals surface area (Å²) in [4.78, 5) is 4.37. The van der Waals surface area contributed by atoms with E-state index in [9.17, 15) is 13.9 Å². The molecule has 3 aromatic carbocycles. The highest BCUT2D eigenvalue weighted by Crippen LogP contribution is 2.28. The fourth-order valence-electron chi connectivity index (χ4n) is 5.26. The van der Waals surface area contributed by atoms with E-state index in [0.29, 0.717) is 38.2 Å². The predicted octanol–water partition coefficient (Wildman–Crippen LogP) is 5.13. The summed E-state index contributed by atoms with van der Waals surface area (Å²) in [6.07, 6.45) is 0.870. The Morgan fingerprint density at radius 1 is 1.00 bits per heavy atom. The monoisotopic (exact) mass is 516 g/mol. The molecule has 5 nitrogen and oxygen atoms in total. The zero-order chi connectivity index (χ0) is 26.5. The van der Waals surface area contributed by atoms with Gasteiger partial charge in [0, 0.05) is 50.3 Å². The molecule has 0 aliphatic carbocycles. The highest BCUT2D eigenvalue weighted by Gasteiger charge is 2.27. The van der Waals surface area contributed by atoms with Crippen LogP contribution in [0, 0.1) is 11.6 Å². The molecule has 7 heteroatoms. The van der Waals surface area contributed by atoms with E-state index in [2.05, 4.69) is 16.7 Å². The van der Waals surface area contributed by atoms with E-state index in [1.807, 2.05) is 65.3 Å². The first-order valence-corrected chi connectivity index (χ1v) is 13.3. The molecule has 1 atom stereocenters. The number of aliphatic hydroxyl groups is 1. The lowest BCUT2D eigenvalue weighted by Crippen LogP contribution is -2.34. The Bertz CT molecular complexity index is 1340. The minimum Gasteiger partial charge on any atom is -0.391 e. The van der Waals surface area contributed by atoms with Gasteiger partial charge in [-0.15, -0.1) is 0 Å². The van der Waals surface area contributed by atoms with Crippen molar-refractivity contribution in [1.29, 1.82) is 0 Å². The van der Waals surface area contributed by atoms with E-state index in [1.165, 1.54) is 12.1 Å². The van der Waals surface area contributed by atoms with E-state index >= 15 is 0 Å². The van der Waals surface area contributed by atoms with Crippen molar-refractivity contribution in [3.63, 3.8) is 0 Å². The quantitative estimate of drug-likeness (QED) is 0.317. The molecule has 1 aliphatic rings. The lowest BCUT2D eigenvalue weighted by molar-refractivity contribution is 0.110. The number of likely N-dealkylation sites (N-methyl/N-ethyl adjacent to an activating group) is 1. The highest BCUT2D eigenvalue weighted by atomic mass is 19.1. The molecule has 0 bridgehead atoms. The van der Waals surface area contributed by atoms with E-state index in [1.54, 1.807) is 0 Å². The average molecular weight is 517 g/mol. The molecule has 1 unspecified atom stereocenters. The van der Waals surface area contributed by atoms with Crippen LogP contribution in [0.5, 0.6) is 0 Å². The molecule has 1 aliphatic heterocycles. The highest BCUT2D eigenvalue weighted by molar-refractivity contribution is 5.39. The van der Waals surface area contributed by atoms with Gasteiger partial charge >= 0.3 is 0 Å². The summed E-state index contributed by atoms with van der Waals surface area (Å²) in [5, 5.41) is 15.9. The Labute approximate surface area is 222 Å². The fourth-order valence-corrected chi connectivity index (χ4v) is 5.26. The van der Waals surface area contributed by atoms with Gasteiger partial charge in [0.15, 0.2) is 0 Å². The van der Waals surface area contributed by atoms with Crippen molar-refractivity contribution in [2.75, 3.05) is 19.6 Å². The minimum absolute atomic E-state index is 0.340. The zero-order valence-corrected chi connectivity index (χ0v) is 21.7. The van der Waals surface area contributed by atoms with Gasteiger partial charge in [0.1, 0.15) is 11.6 Å². The van der Waals surface area contributed by atoms with Gasteiger partial charge in [-0.3, -0.25) is 9.80 Å². The van der Waals surface area contributed by atoms with Crippen molar-refractivity contribution >= 4 is 0 Å². The van der Waals surface area contributed by atoms with E-state index in [0.717, 1.165) is 53.8 Å². The molecule has 198 valence electrons. The largest absolute Gasteiger partial charge is 0.391 e. The molecule has 0 amide bonds. The van der Waals surface area contributed by atoms with Gasteiger partial charge in [-0.05, 0) is 48.9 Å².